The number of aliphatic hydroxyl groups is 3. The van der Waals surface area contributed by atoms with Crippen LogP contribution in [0.15, 0.2) is 18.2 Å². The number of aliphatic hydroxyl groups excluding tert-OH is 2. The van der Waals surface area contributed by atoms with E-state index in [1.807, 2.05) is 0 Å². The van der Waals surface area contributed by atoms with Crippen LogP contribution in [0.1, 0.15) is 15.9 Å². The van der Waals surface area contributed by atoms with Crippen molar-refractivity contribution in [3.63, 3.8) is 0 Å². The second-order valence-corrected chi connectivity index (χ2v) is 4.49. The number of aromatic carboxylic acids is 1. The molecule has 104 valence electrons. The minimum atomic E-state index is -2.06. The van der Waals surface area contributed by atoms with Crippen LogP contribution in [0.25, 0.3) is 0 Å². The second kappa shape index (κ2) is 4.78. The molecule has 1 aromatic rings. The number of aromatic hydroxyl groups is 1. The summed E-state index contributed by atoms with van der Waals surface area (Å²) in [5.41, 5.74) is -2.42. The Morgan fingerprint density at radius 1 is 1.37 bits per heavy atom. The van der Waals surface area contributed by atoms with Gasteiger partial charge in [0.05, 0.1) is 18.8 Å². The Morgan fingerprint density at radius 2 is 2.05 bits per heavy atom. The van der Waals surface area contributed by atoms with Crippen LogP contribution in [0.2, 0.25) is 0 Å². The van der Waals surface area contributed by atoms with E-state index >= 15 is 0 Å². The van der Waals surface area contributed by atoms with Crippen molar-refractivity contribution in [3.05, 3.63) is 29.3 Å². The van der Waals surface area contributed by atoms with Gasteiger partial charge in [-0.2, -0.15) is 0 Å². The predicted molar refractivity (Wildman–Crippen MR) is 61.8 cm³/mol. The summed E-state index contributed by atoms with van der Waals surface area (Å²) >= 11 is 0. The van der Waals surface area contributed by atoms with E-state index in [0.29, 0.717) is 0 Å². The van der Waals surface area contributed by atoms with Crippen LogP contribution >= 0.6 is 0 Å². The smallest absolute Gasteiger partial charge is 0.335 e. The lowest BCUT2D eigenvalue weighted by Gasteiger charge is -2.39. The summed E-state index contributed by atoms with van der Waals surface area (Å²) in [7, 11) is 0. The maximum atomic E-state index is 10.9. The quantitative estimate of drug-likeness (QED) is 0.468. The molecule has 0 amide bonds. The molecular weight excluding hydrogens is 256 g/mol. The molecule has 1 aliphatic heterocycles. The van der Waals surface area contributed by atoms with Gasteiger partial charge in [0.2, 0.25) is 0 Å². The Balaban J connectivity index is 2.50. The highest BCUT2D eigenvalue weighted by atomic mass is 16.5. The van der Waals surface area contributed by atoms with Gasteiger partial charge in [0, 0.05) is 5.56 Å². The van der Waals surface area contributed by atoms with E-state index < -0.39 is 23.8 Å². The number of phenolic OH excluding ortho intramolecular Hbond substituents is 1. The van der Waals surface area contributed by atoms with Gasteiger partial charge in [0.1, 0.15) is 23.6 Å². The molecule has 1 aliphatic rings. The third-order valence-corrected chi connectivity index (χ3v) is 3.17. The molecule has 1 aromatic carbocycles. The van der Waals surface area contributed by atoms with Crippen LogP contribution in [-0.2, 0) is 10.3 Å². The summed E-state index contributed by atoms with van der Waals surface area (Å²) in [5, 5.41) is 48.4. The summed E-state index contributed by atoms with van der Waals surface area (Å²) in [6.45, 7) is -0.509. The predicted octanol–water partition coefficient (Wildman–Crippen LogP) is -0.970. The summed E-state index contributed by atoms with van der Waals surface area (Å²) in [4.78, 5) is 10.9. The van der Waals surface area contributed by atoms with Gasteiger partial charge < -0.3 is 30.3 Å². The van der Waals surface area contributed by atoms with Crippen LogP contribution in [0.4, 0.5) is 0 Å². The zero-order valence-electron chi connectivity index (χ0n) is 9.85. The fourth-order valence-corrected chi connectivity index (χ4v) is 2.08. The van der Waals surface area contributed by atoms with Gasteiger partial charge in [0.25, 0.3) is 0 Å². The van der Waals surface area contributed by atoms with E-state index in [9.17, 15) is 25.2 Å². The van der Waals surface area contributed by atoms with E-state index in [0.717, 1.165) is 18.2 Å². The second-order valence-electron chi connectivity index (χ2n) is 4.49. The third kappa shape index (κ3) is 2.28. The van der Waals surface area contributed by atoms with Crippen molar-refractivity contribution >= 4 is 5.97 Å². The number of hydrogen-bond donors (Lipinski definition) is 5. The van der Waals surface area contributed by atoms with Gasteiger partial charge in [-0.05, 0) is 18.2 Å². The molecule has 1 fully saturated rings. The molecule has 0 radical (unpaired) electrons. The number of carbonyl (C=O) groups is 1. The van der Waals surface area contributed by atoms with E-state index in [4.69, 9.17) is 9.84 Å². The molecule has 0 bridgehead atoms. The van der Waals surface area contributed by atoms with E-state index in [2.05, 4.69) is 0 Å². The molecule has 0 aromatic heterocycles. The highest BCUT2D eigenvalue weighted by molar-refractivity contribution is 5.88. The van der Waals surface area contributed by atoms with Crippen LogP contribution in [0.3, 0.4) is 0 Å². The zero-order valence-corrected chi connectivity index (χ0v) is 9.85. The number of carboxylic acids is 1. The molecule has 0 spiro atoms. The fourth-order valence-electron chi connectivity index (χ4n) is 2.08. The standard InChI is InChI=1S/C12H14O7/c13-8-2-1-6(11(16)17)3-7(8)12(18)5-19-4-9(14)10(12)15/h1-3,9-10,13-15,18H,4-5H2,(H,16,17)/t9-,10-,12-/m1/s1. The normalized spacial score (nSPS) is 31.1. The third-order valence-electron chi connectivity index (χ3n) is 3.17. The van der Waals surface area contributed by atoms with Gasteiger partial charge in [-0.25, -0.2) is 4.79 Å². The van der Waals surface area contributed by atoms with Crippen molar-refractivity contribution in [2.24, 2.45) is 0 Å². The number of rotatable bonds is 2. The lowest BCUT2D eigenvalue weighted by molar-refractivity contribution is -0.212. The molecule has 5 N–H and O–H groups in total. The topological polar surface area (TPSA) is 127 Å². The fraction of sp³-hybridized carbons (Fsp3) is 0.417. The molecule has 2 rings (SSSR count). The van der Waals surface area contributed by atoms with Crippen molar-refractivity contribution in [2.45, 2.75) is 17.8 Å². The molecule has 19 heavy (non-hydrogen) atoms. The maximum absolute atomic E-state index is 10.9. The minimum Gasteiger partial charge on any atom is -0.508 e. The Morgan fingerprint density at radius 3 is 2.68 bits per heavy atom. The van der Waals surface area contributed by atoms with Crippen molar-refractivity contribution in [1.82, 2.24) is 0 Å². The number of phenols is 1. The Bertz CT molecular complexity index is 501. The maximum Gasteiger partial charge on any atom is 0.335 e. The van der Waals surface area contributed by atoms with Crippen molar-refractivity contribution in [1.29, 1.82) is 0 Å². The van der Waals surface area contributed by atoms with Crippen LogP contribution in [-0.4, -0.2) is 56.9 Å². The molecule has 7 heteroatoms. The van der Waals surface area contributed by atoms with Crippen molar-refractivity contribution in [2.75, 3.05) is 13.2 Å². The lowest BCUT2D eigenvalue weighted by atomic mass is 9.83. The Kier molecular flexibility index (Phi) is 3.46. The summed E-state index contributed by atoms with van der Waals surface area (Å²) in [6.07, 6.45) is -2.91. The molecule has 0 saturated carbocycles. The van der Waals surface area contributed by atoms with Crippen LogP contribution in [0, 0.1) is 0 Å². The first-order chi connectivity index (χ1) is 8.86. The van der Waals surface area contributed by atoms with Gasteiger partial charge in [-0.1, -0.05) is 0 Å². The average molecular weight is 270 g/mol. The SMILES string of the molecule is O=C(O)c1ccc(O)c([C@]2(O)COC[C@@H](O)[C@H]2O)c1. The molecule has 1 heterocycles. The number of hydrogen-bond acceptors (Lipinski definition) is 6. The average Bonchev–Trinajstić information content (AvgIpc) is 2.36. The van der Waals surface area contributed by atoms with Gasteiger partial charge in [0.15, 0.2) is 0 Å². The molecule has 3 atom stereocenters. The summed E-state index contributed by atoms with van der Waals surface area (Å²) in [6, 6.07) is 3.31. The van der Waals surface area contributed by atoms with Crippen molar-refractivity contribution < 1.29 is 35.1 Å². The molecule has 0 unspecified atom stereocenters. The number of ether oxygens (including phenoxy) is 1. The molecule has 0 aliphatic carbocycles. The van der Waals surface area contributed by atoms with E-state index in [-0.39, 0.29) is 30.1 Å². The molecule has 7 nitrogen and oxygen atoms in total. The van der Waals surface area contributed by atoms with E-state index in [1.54, 1.807) is 0 Å². The van der Waals surface area contributed by atoms with Gasteiger partial charge in [-0.15, -0.1) is 0 Å². The largest absolute Gasteiger partial charge is 0.508 e. The van der Waals surface area contributed by atoms with Gasteiger partial charge >= 0.3 is 5.97 Å². The zero-order chi connectivity index (χ0) is 14.2. The summed E-state index contributed by atoms with van der Waals surface area (Å²) in [5.74, 6) is -1.62. The monoisotopic (exact) mass is 270 g/mol. The van der Waals surface area contributed by atoms with Crippen molar-refractivity contribution in [3.8, 4) is 5.75 Å². The highest BCUT2D eigenvalue weighted by Gasteiger charge is 2.47. The Hall–Kier alpha value is -1.67. The Labute approximate surface area is 108 Å². The minimum absolute atomic E-state index is 0.150. The first kappa shape index (κ1) is 13.8. The molecule has 1 saturated heterocycles. The first-order valence-electron chi connectivity index (χ1n) is 5.59. The molecular formula is C12H14O7. The summed E-state index contributed by atoms with van der Waals surface area (Å²) < 4.78 is 4.96. The first-order valence-corrected chi connectivity index (χ1v) is 5.59. The van der Waals surface area contributed by atoms with Gasteiger partial charge in [-0.3, -0.25) is 0 Å². The lowest BCUT2D eigenvalue weighted by Crippen LogP contribution is -2.55. The van der Waals surface area contributed by atoms with Crippen LogP contribution in [0.5, 0.6) is 5.75 Å². The highest BCUT2D eigenvalue weighted by Crippen LogP contribution is 2.36. The van der Waals surface area contributed by atoms with E-state index in [1.165, 1.54) is 0 Å². The number of carboxylic acid groups (broad SMARTS) is 1. The number of benzene rings is 1. The van der Waals surface area contributed by atoms with Crippen LogP contribution < -0.4 is 0 Å².